The van der Waals surface area contributed by atoms with E-state index in [4.69, 9.17) is 4.74 Å². The summed E-state index contributed by atoms with van der Waals surface area (Å²) in [6.45, 7) is 8.98. The van der Waals surface area contributed by atoms with Crippen LogP contribution >= 0.6 is 0 Å². The predicted molar refractivity (Wildman–Crippen MR) is 133 cm³/mol. The number of ether oxygens (including phenoxy) is 1. The van der Waals surface area contributed by atoms with Crippen molar-refractivity contribution in [2.45, 2.75) is 26.9 Å². The summed E-state index contributed by atoms with van der Waals surface area (Å²) in [5.41, 5.74) is 8.53. The maximum absolute atomic E-state index is 12.2. The molecule has 0 unspecified atom stereocenters. The van der Waals surface area contributed by atoms with Gasteiger partial charge in [-0.15, -0.1) is 0 Å². The molecule has 0 aromatic heterocycles. The number of likely N-dealkylation sites (N-methyl/N-ethyl adjacent to an activating group) is 2. The molecule has 0 aliphatic heterocycles. The lowest BCUT2D eigenvalue weighted by molar-refractivity contribution is -0.123. The van der Waals surface area contributed by atoms with Gasteiger partial charge in [-0.3, -0.25) is 15.1 Å². The average molecular weight is 458 g/mol. The molecule has 33 heavy (non-hydrogen) atoms. The fourth-order valence-corrected chi connectivity index (χ4v) is 3.59. The Morgan fingerprint density at radius 2 is 1.76 bits per heavy atom. The Morgan fingerprint density at radius 1 is 1.03 bits per heavy atom. The van der Waals surface area contributed by atoms with Crippen LogP contribution < -0.4 is 20.5 Å². The van der Waals surface area contributed by atoms with E-state index in [0.29, 0.717) is 6.54 Å². The van der Waals surface area contributed by atoms with Gasteiger partial charge in [0.1, 0.15) is 11.5 Å². The molecule has 0 aliphatic carbocycles. The number of rotatable bonds is 14. The van der Waals surface area contributed by atoms with Crippen LogP contribution in [-0.2, 0) is 17.9 Å². The van der Waals surface area contributed by atoms with E-state index in [2.05, 4.69) is 47.6 Å². The minimum Gasteiger partial charge on any atom is -0.508 e. The summed E-state index contributed by atoms with van der Waals surface area (Å²) in [5.74, 6) is 0.958. The molecule has 0 spiro atoms. The number of phenolic OH excluding ortho intramolecular Hbond substituents is 1. The molecule has 0 heterocycles. The van der Waals surface area contributed by atoms with Crippen molar-refractivity contribution in [3.05, 3.63) is 53.6 Å². The van der Waals surface area contributed by atoms with Crippen molar-refractivity contribution in [1.82, 2.24) is 20.7 Å². The van der Waals surface area contributed by atoms with Crippen LogP contribution in [0.5, 0.6) is 11.5 Å². The van der Waals surface area contributed by atoms with Crippen LogP contribution in [0, 0.1) is 0 Å². The summed E-state index contributed by atoms with van der Waals surface area (Å²) < 4.78 is 5.28. The number of benzene rings is 2. The van der Waals surface area contributed by atoms with E-state index in [1.54, 1.807) is 13.2 Å². The lowest BCUT2D eigenvalue weighted by Crippen LogP contribution is -2.43. The number of phenols is 1. The second kappa shape index (κ2) is 13.7. The van der Waals surface area contributed by atoms with Gasteiger partial charge in [-0.25, -0.2) is 5.43 Å². The van der Waals surface area contributed by atoms with Crippen LogP contribution in [-0.4, -0.2) is 74.7 Å². The van der Waals surface area contributed by atoms with Crippen molar-refractivity contribution in [3.8, 4) is 11.5 Å². The Morgan fingerprint density at radius 3 is 2.42 bits per heavy atom. The molecule has 0 fully saturated rings. The number of carbonyl (C=O) groups excluding carboxylic acids is 1. The number of hydrazine groups is 1. The van der Waals surface area contributed by atoms with Crippen molar-refractivity contribution in [2.24, 2.45) is 0 Å². The maximum Gasteiger partial charge on any atom is 0.248 e. The number of hydrogen-bond acceptors (Lipinski definition) is 7. The Labute approximate surface area is 198 Å². The van der Waals surface area contributed by atoms with Crippen LogP contribution in [0.1, 0.15) is 25.0 Å². The highest BCUT2D eigenvalue weighted by Crippen LogP contribution is 2.24. The van der Waals surface area contributed by atoms with Crippen LogP contribution in [0.25, 0.3) is 0 Å². The number of anilines is 1. The highest BCUT2D eigenvalue weighted by atomic mass is 16.5. The van der Waals surface area contributed by atoms with Crippen LogP contribution in [0.15, 0.2) is 42.5 Å². The summed E-state index contributed by atoms with van der Waals surface area (Å²) in [7, 11) is 5.66. The van der Waals surface area contributed by atoms with E-state index in [-0.39, 0.29) is 18.2 Å². The smallest absolute Gasteiger partial charge is 0.248 e. The average Bonchev–Trinajstić information content (AvgIpc) is 2.80. The van der Waals surface area contributed by atoms with Crippen molar-refractivity contribution in [1.29, 1.82) is 0 Å². The van der Waals surface area contributed by atoms with Crippen LogP contribution in [0.4, 0.5) is 5.69 Å². The van der Waals surface area contributed by atoms with Crippen LogP contribution in [0.3, 0.4) is 0 Å². The van der Waals surface area contributed by atoms with Crippen molar-refractivity contribution in [3.63, 3.8) is 0 Å². The molecule has 0 radical (unpaired) electrons. The molecule has 8 nitrogen and oxygen atoms in total. The molecule has 2 aromatic carbocycles. The second-order valence-electron chi connectivity index (χ2n) is 8.21. The zero-order valence-corrected chi connectivity index (χ0v) is 20.6. The van der Waals surface area contributed by atoms with Gasteiger partial charge in [0.15, 0.2) is 0 Å². The third kappa shape index (κ3) is 8.92. The number of aromatic hydroxyl groups is 1. The van der Waals surface area contributed by atoms with Gasteiger partial charge in [-0.2, -0.15) is 0 Å². The topological polar surface area (TPSA) is 80.3 Å². The summed E-state index contributed by atoms with van der Waals surface area (Å²) in [6.07, 6.45) is 0. The summed E-state index contributed by atoms with van der Waals surface area (Å²) in [4.78, 5) is 18.6. The van der Waals surface area contributed by atoms with Gasteiger partial charge in [-0.1, -0.05) is 18.2 Å². The maximum atomic E-state index is 12.2. The summed E-state index contributed by atoms with van der Waals surface area (Å²) in [6, 6.07) is 13.7. The van der Waals surface area contributed by atoms with Gasteiger partial charge < -0.3 is 19.6 Å². The summed E-state index contributed by atoms with van der Waals surface area (Å²) >= 11 is 0. The van der Waals surface area contributed by atoms with E-state index in [9.17, 15) is 9.90 Å². The normalized spacial score (nSPS) is 11.1. The van der Waals surface area contributed by atoms with Crippen LogP contribution in [0.2, 0.25) is 0 Å². The number of hydrogen-bond donors (Lipinski definition) is 3. The van der Waals surface area contributed by atoms with E-state index in [1.165, 1.54) is 5.56 Å². The largest absolute Gasteiger partial charge is 0.508 e. The van der Waals surface area contributed by atoms with Gasteiger partial charge >= 0.3 is 0 Å². The van der Waals surface area contributed by atoms with E-state index < -0.39 is 0 Å². The molecular formula is C25H39N5O3. The fraction of sp³-hybridized carbons (Fsp3) is 0.480. The molecule has 0 atom stereocenters. The third-order valence-corrected chi connectivity index (χ3v) is 5.57. The first-order valence-electron chi connectivity index (χ1n) is 11.4. The Kier molecular flexibility index (Phi) is 11.0. The monoisotopic (exact) mass is 457 g/mol. The highest BCUT2D eigenvalue weighted by molar-refractivity contribution is 5.77. The van der Waals surface area contributed by atoms with Crippen molar-refractivity contribution < 1.29 is 14.6 Å². The van der Waals surface area contributed by atoms with Gasteiger partial charge in [0, 0.05) is 56.6 Å². The Bertz CT molecular complexity index is 873. The first-order valence-corrected chi connectivity index (χ1v) is 11.4. The third-order valence-electron chi connectivity index (χ3n) is 5.57. The molecule has 2 aromatic rings. The van der Waals surface area contributed by atoms with Gasteiger partial charge in [-0.05, 0) is 51.7 Å². The molecule has 0 bridgehead atoms. The standard InChI is InChI=1S/C25H39N5O3/c1-6-30(7-2)22-12-11-21(24(31)16-22)17-26-27-25(32)19-29(4)14-13-28(3)18-20-9-8-10-23(15-20)33-5/h8-12,15-16,26,31H,6-7,13-14,17-19H2,1-5H3,(H,27,32). The zero-order chi connectivity index (χ0) is 24.2. The lowest BCUT2D eigenvalue weighted by atomic mass is 10.1. The molecule has 8 heteroatoms. The molecule has 182 valence electrons. The minimum atomic E-state index is -0.118. The van der Waals surface area contributed by atoms with Crippen molar-refractivity contribution >= 4 is 11.6 Å². The molecule has 1 amide bonds. The SMILES string of the molecule is CCN(CC)c1ccc(CNNC(=O)CN(C)CCN(C)Cc2cccc(OC)c2)c(O)c1. The molecule has 0 saturated heterocycles. The molecule has 3 N–H and O–H groups in total. The molecular weight excluding hydrogens is 418 g/mol. The Balaban J connectivity index is 1.69. The molecule has 2 rings (SSSR count). The predicted octanol–water partition coefficient (Wildman–Crippen LogP) is 2.43. The number of nitrogens with one attached hydrogen (secondary N) is 2. The lowest BCUT2D eigenvalue weighted by Gasteiger charge is -2.22. The molecule has 0 aliphatic rings. The van der Waals surface area contributed by atoms with Gasteiger partial charge in [0.25, 0.3) is 0 Å². The van der Waals surface area contributed by atoms with E-state index in [1.807, 2.05) is 42.3 Å². The first-order chi connectivity index (χ1) is 15.9. The molecule has 0 saturated carbocycles. The highest BCUT2D eigenvalue weighted by Gasteiger charge is 2.10. The fourth-order valence-electron chi connectivity index (χ4n) is 3.59. The quantitative estimate of drug-likeness (QED) is 0.376. The number of amides is 1. The number of nitrogens with zero attached hydrogens (tertiary/aromatic N) is 3. The first kappa shape index (κ1) is 26.4. The van der Waals surface area contributed by atoms with E-state index >= 15 is 0 Å². The summed E-state index contributed by atoms with van der Waals surface area (Å²) in [5, 5.41) is 10.3. The number of carbonyl (C=O) groups is 1. The zero-order valence-electron chi connectivity index (χ0n) is 20.6. The van der Waals surface area contributed by atoms with E-state index in [0.717, 1.165) is 49.7 Å². The van der Waals surface area contributed by atoms with Gasteiger partial charge in [0.05, 0.1) is 13.7 Å². The Hall–Kier alpha value is -2.81. The number of methoxy groups -OCH3 is 1. The van der Waals surface area contributed by atoms with Gasteiger partial charge in [0.2, 0.25) is 5.91 Å². The minimum absolute atomic E-state index is 0.118. The van der Waals surface area contributed by atoms with Crippen molar-refractivity contribution in [2.75, 3.05) is 58.8 Å². The second-order valence-corrected chi connectivity index (χ2v) is 8.21.